The zero-order chi connectivity index (χ0) is 9.54. The van der Waals surface area contributed by atoms with E-state index in [2.05, 4.69) is 37.3 Å². The zero-order valence-electron chi connectivity index (χ0n) is 8.51. The van der Waals surface area contributed by atoms with E-state index in [0.717, 1.165) is 0 Å². The Balaban J connectivity index is 2.48. The highest BCUT2D eigenvalue weighted by atomic mass is 14.2. The summed E-state index contributed by atoms with van der Waals surface area (Å²) < 4.78 is 0. The molecule has 0 saturated heterocycles. The van der Waals surface area contributed by atoms with Crippen LogP contribution in [-0.2, 0) is 12.8 Å². The average molecular weight is 182 g/mol. The Bertz CT molecular complexity index is 495. The summed E-state index contributed by atoms with van der Waals surface area (Å²) in [5, 5.41) is 2.96. The van der Waals surface area contributed by atoms with Crippen molar-refractivity contribution >= 4 is 10.8 Å². The summed E-state index contributed by atoms with van der Waals surface area (Å²) in [4.78, 5) is 0. The number of aryl methyl sites for hydroxylation is 3. The van der Waals surface area contributed by atoms with Crippen LogP contribution in [0.4, 0.5) is 0 Å². The van der Waals surface area contributed by atoms with Crippen LogP contribution in [0.25, 0.3) is 10.8 Å². The predicted octanol–water partition coefficient (Wildman–Crippen LogP) is 3.64. The van der Waals surface area contributed by atoms with Crippen LogP contribution in [0.2, 0.25) is 0 Å². The molecule has 0 aliphatic heterocycles. The molecule has 0 spiro atoms. The molecule has 0 radical (unpaired) electrons. The van der Waals surface area contributed by atoms with Crippen molar-refractivity contribution in [3.63, 3.8) is 0 Å². The molecular formula is C14H14. The van der Waals surface area contributed by atoms with Crippen LogP contribution in [0.15, 0.2) is 30.3 Å². The maximum atomic E-state index is 2.35. The fourth-order valence-corrected chi connectivity index (χ4v) is 2.64. The van der Waals surface area contributed by atoms with Gasteiger partial charge in [0.2, 0.25) is 0 Å². The summed E-state index contributed by atoms with van der Waals surface area (Å²) in [7, 11) is 0. The first-order valence-electron chi connectivity index (χ1n) is 5.36. The van der Waals surface area contributed by atoms with E-state index in [1.54, 1.807) is 11.1 Å². The van der Waals surface area contributed by atoms with Gasteiger partial charge in [0, 0.05) is 0 Å². The van der Waals surface area contributed by atoms with E-state index in [1.165, 1.54) is 35.6 Å². The Kier molecular flexibility index (Phi) is 1.63. The summed E-state index contributed by atoms with van der Waals surface area (Å²) in [6, 6.07) is 11.4. The van der Waals surface area contributed by atoms with E-state index in [4.69, 9.17) is 0 Å². The van der Waals surface area contributed by atoms with Crippen molar-refractivity contribution in [2.24, 2.45) is 0 Å². The van der Waals surface area contributed by atoms with Crippen molar-refractivity contribution in [1.82, 2.24) is 0 Å². The molecule has 14 heavy (non-hydrogen) atoms. The van der Waals surface area contributed by atoms with Crippen LogP contribution in [0.5, 0.6) is 0 Å². The third-order valence-corrected chi connectivity index (χ3v) is 3.18. The molecule has 70 valence electrons. The highest BCUT2D eigenvalue weighted by Gasteiger charge is 2.11. The van der Waals surface area contributed by atoms with Crippen LogP contribution in [-0.4, -0.2) is 0 Å². The second kappa shape index (κ2) is 2.84. The van der Waals surface area contributed by atoms with Gasteiger partial charge in [0.05, 0.1) is 0 Å². The fourth-order valence-electron chi connectivity index (χ4n) is 2.64. The van der Waals surface area contributed by atoms with Crippen LogP contribution in [0.1, 0.15) is 23.1 Å². The Labute approximate surface area is 84.6 Å². The standard InChI is InChI=1S/C14H14/c1-10-8-12-6-2-4-11-5-3-7-13(9-10)14(11)12/h2,4,6,8-9H,3,5,7H2,1H3. The highest BCUT2D eigenvalue weighted by Crippen LogP contribution is 2.30. The quantitative estimate of drug-likeness (QED) is 0.583. The van der Waals surface area contributed by atoms with Gasteiger partial charge < -0.3 is 0 Å². The first-order chi connectivity index (χ1) is 6.84. The smallest absolute Gasteiger partial charge is 0.0120 e. The van der Waals surface area contributed by atoms with Crippen molar-refractivity contribution in [3.8, 4) is 0 Å². The van der Waals surface area contributed by atoms with Gasteiger partial charge in [-0.25, -0.2) is 0 Å². The first kappa shape index (κ1) is 8.05. The maximum Gasteiger partial charge on any atom is -0.0120 e. The summed E-state index contributed by atoms with van der Waals surface area (Å²) in [6.07, 6.45) is 3.83. The van der Waals surface area contributed by atoms with Gasteiger partial charge in [-0.15, -0.1) is 0 Å². The molecule has 3 rings (SSSR count). The topological polar surface area (TPSA) is 0 Å². The number of hydrogen-bond acceptors (Lipinski definition) is 0. The lowest BCUT2D eigenvalue weighted by Crippen LogP contribution is -2.01. The van der Waals surface area contributed by atoms with E-state index >= 15 is 0 Å². The van der Waals surface area contributed by atoms with Gasteiger partial charge in [-0.3, -0.25) is 0 Å². The van der Waals surface area contributed by atoms with Gasteiger partial charge in [0.15, 0.2) is 0 Å². The minimum atomic E-state index is 1.26. The van der Waals surface area contributed by atoms with E-state index in [0.29, 0.717) is 0 Å². The van der Waals surface area contributed by atoms with Crippen molar-refractivity contribution in [1.29, 1.82) is 0 Å². The molecule has 0 unspecified atom stereocenters. The summed E-state index contributed by atoms with van der Waals surface area (Å²) in [5.41, 5.74) is 4.50. The molecule has 2 aromatic carbocycles. The van der Waals surface area contributed by atoms with Crippen LogP contribution in [0, 0.1) is 6.92 Å². The monoisotopic (exact) mass is 182 g/mol. The van der Waals surface area contributed by atoms with Gasteiger partial charge in [0.25, 0.3) is 0 Å². The molecule has 0 heteroatoms. The summed E-state index contributed by atoms with van der Waals surface area (Å²) in [5.74, 6) is 0. The molecule has 0 nitrogen and oxygen atoms in total. The fraction of sp³-hybridized carbons (Fsp3) is 0.286. The third kappa shape index (κ3) is 1.07. The highest BCUT2D eigenvalue weighted by molar-refractivity contribution is 5.90. The lowest BCUT2D eigenvalue weighted by atomic mass is 9.87. The van der Waals surface area contributed by atoms with Crippen LogP contribution in [0.3, 0.4) is 0 Å². The predicted molar refractivity (Wildman–Crippen MR) is 60.7 cm³/mol. The number of benzene rings is 2. The Morgan fingerprint density at radius 3 is 2.79 bits per heavy atom. The molecule has 0 amide bonds. The molecule has 0 atom stereocenters. The number of rotatable bonds is 0. The van der Waals surface area contributed by atoms with Crippen LogP contribution >= 0.6 is 0 Å². The van der Waals surface area contributed by atoms with E-state index in [9.17, 15) is 0 Å². The van der Waals surface area contributed by atoms with Gasteiger partial charge >= 0.3 is 0 Å². The molecule has 0 aromatic heterocycles. The van der Waals surface area contributed by atoms with E-state index in [-0.39, 0.29) is 0 Å². The van der Waals surface area contributed by atoms with Crippen LogP contribution < -0.4 is 0 Å². The Morgan fingerprint density at radius 2 is 1.86 bits per heavy atom. The number of hydrogen-bond donors (Lipinski definition) is 0. The minimum absolute atomic E-state index is 1.26. The summed E-state index contributed by atoms with van der Waals surface area (Å²) in [6.45, 7) is 2.19. The molecule has 1 aliphatic carbocycles. The first-order valence-corrected chi connectivity index (χ1v) is 5.36. The SMILES string of the molecule is Cc1cc2c3c(cccc3c1)CCC2. The van der Waals surface area contributed by atoms with Gasteiger partial charge in [-0.1, -0.05) is 35.9 Å². The van der Waals surface area contributed by atoms with Crippen molar-refractivity contribution in [2.45, 2.75) is 26.2 Å². The lowest BCUT2D eigenvalue weighted by molar-refractivity contribution is 0.807. The largest absolute Gasteiger partial charge is 0.0614 e. The zero-order valence-corrected chi connectivity index (χ0v) is 8.51. The normalized spacial score (nSPS) is 14.6. The van der Waals surface area contributed by atoms with Crippen molar-refractivity contribution < 1.29 is 0 Å². The molecule has 0 fully saturated rings. The third-order valence-electron chi connectivity index (χ3n) is 3.18. The van der Waals surface area contributed by atoms with Gasteiger partial charge in [-0.2, -0.15) is 0 Å². The van der Waals surface area contributed by atoms with Gasteiger partial charge in [0.1, 0.15) is 0 Å². The lowest BCUT2D eigenvalue weighted by Gasteiger charge is -2.17. The van der Waals surface area contributed by atoms with E-state index in [1.807, 2.05) is 0 Å². The van der Waals surface area contributed by atoms with Crippen molar-refractivity contribution in [3.05, 3.63) is 47.0 Å². The molecule has 0 N–H and O–H groups in total. The molecule has 2 aromatic rings. The minimum Gasteiger partial charge on any atom is -0.0614 e. The van der Waals surface area contributed by atoms with Gasteiger partial charge in [-0.05, 0) is 48.1 Å². The maximum absolute atomic E-state index is 2.35. The molecule has 1 aliphatic rings. The second-order valence-electron chi connectivity index (χ2n) is 4.29. The molecule has 0 saturated carbocycles. The molecule has 0 bridgehead atoms. The Hall–Kier alpha value is -1.30. The van der Waals surface area contributed by atoms with E-state index < -0.39 is 0 Å². The molecular weight excluding hydrogens is 168 g/mol. The average Bonchev–Trinajstić information content (AvgIpc) is 2.18. The molecule has 0 heterocycles. The second-order valence-corrected chi connectivity index (χ2v) is 4.29. The van der Waals surface area contributed by atoms with Crippen molar-refractivity contribution in [2.75, 3.05) is 0 Å². The summed E-state index contributed by atoms with van der Waals surface area (Å²) >= 11 is 0. The Morgan fingerprint density at radius 1 is 1.00 bits per heavy atom.